The van der Waals surface area contributed by atoms with Gasteiger partial charge in [0.2, 0.25) is 6.04 Å². The van der Waals surface area contributed by atoms with Gasteiger partial charge in [-0.2, -0.15) is 13.2 Å². The molecule has 0 amide bonds. The second-order valence-corrected chi connectivity index (χ2v) is 2.78. The van der Waals surface area contributed by atoms with E-state index in [4.69, 9.17) is 6.57 Å². The molecule has 1 atom stereocenters. The average molecular weight is 200 g/mol. The number of rotatable bonds is 1. The van der Waals surface area contributed by atoms with Crippen LogP contribution in [-0.2, 0) is 6.18 Å². The van der Waals surface area contributed by atoms with Gasteiger partial charge >= 0.3 is 6.18 Å². The van der Waals surface area contributed by atoms with Crippen LogP contribution in [-0.4, -0.2) is 4.98 Å². The first-order valence-corrected chi connectivity index (χ1v) is 3.85. The molecule has 0 radical (unpaired) electrons. The molecule has 0 aliphatic carbocycles. The molecule has 1 rings (SSSR count). The van der Waals surface area contributed by atoms with E-state index in [9.17, 15) is 13.2 Å². The predicted molar refractivity (Wildman–Crippen MR) is 44.3 cm³/mol. The van der Waals surface area contributed by atoms with Crippen LogP contribution in [0.25, 0.3) is 4.85 Å². The minimum Gasteiger partial charge on any atom is -0.309 e. The van der Waals surface area contributed by atoms with Gasteiger partial charge in [0.15, 0.2) is 0 Å². The molecule has 74 valence electrons. The lowest BCUT2D eigenvalue weighted by molar-refractivity contribution is -0.141. The summed E-state index contributed by atoms with van der Waals surface area (Å²) in [5, 5.41) is 0. The van der Waals surface area contributed by atoms with Crippen LogP contribution < -0.4 is 0 Å². The molecule has 0 aromatic carbocycles. The van der Waals surface area contributed by atoms with Crippen molar-refractivity contribution in [2.45, 2.75) is 19.1 Å². The molecular formula is C9H7F3N2. The highest BCUT2D eigenvalue weighted by Crippen LogP contribution is 2.28. The molecule has 1 aromatic heterocycles. The lowest BCUT2D eigenvalue weighted by atomic mass is 10.1. The van der Waals surface area contributed by atoms with E-state index in [1.807, 2.05) is 0 Å². The Bertz CT molecular complexity index is 348. The summed E-state index contributed by atoms with van der Waals surface area (Å²) in [5.74, 6) is 0. The molecule has 0 saturated heterocycles. The zero-order valence-electron chi connectivity index (χ0n) is 7.34. The van der Waals surface area contributed by atoms with E-state index in [1.54, 1.807) is 6.92 Å². The minimum absolute atomic E-state index is 0.454. The van der Waals surface area contributed by atoms with E-state index in [-0.39, 0.29) is 0 Å². The number of hydrogen-bond acceptors (Lipinski definition) is 1. The van der Waals surface area contributed by atoms with Crippen LogP contribution in [0.4, 0.5) is 13.2 Å². The number of pyridine rings is 1. The lowest BCUT2D eigenvalue weighted by Gasteiger charge is -2.05. The molecule has 1 heterocycles. The van der Waals surface area contributed by atoms with Gasteiger partial charge in [0.25, 0.3) is 0 Å². The van der Waals surface area contributed by atoms with Crippen LogP contribution in [0.2, 0.25) is 0 Å². The Labute approximate surface area is 79.2 Å². The Morgan fingerprint density at radius 1 is 1.43 bits per heavy atom. The number of nitrogens with zero attached hydrogens (tertiary/aromatic N) is 2. The minimum atomic E-state index is -4.42. The Hall–Kier alpha value is -1.57. The van der Waals surface area contributed by atoms with Gasteiger partial charge in [0, 0.05) is 13.1 Å². The van der Waals surface area contributed by atoms with Gasteiger partial charge in [-0.3, -0.25) is 4.98 Å². The summed E-state index contributed by atoms with van der Waals surface area (Å²) in [5.41, 5.74) is -0.438. The highest BCUT2D eigenvalue weighted by atomic mass is 19.4. The second kappa shape index (κ2) is 3.66. The maximum Gasteiger partial charge on any atom is 0.433 e. The largest absolute Gasteiger partial charge is 0.433 e. The van der Waals surface area contributed by atoms with Gasteiger partial charge in [0.05, 0.1) is 5.56 Å². The van der Waals surface area contributed by atoms with Gasteiger partial charge in [-0.15, -0.1) is 0 Å². The molecule has 0 aliphatic rings. The van der Waals surface area contributed by atoms with Gasteiger partial charge in [-0.05, 0) is 12.1 Å². The monoisotopic (exact) mass is 200 g/mol. The van der Waals surface area contributed by atoms with Gasteiger partial charge < -0.3 is 4.85 Å². The predicted octanol–water partition coefficient (Wildman–Crippen LogP) is 3.08. The fourth-order valence-electron chi connectivity index (χ4n) is 0.895. The first-order chi connectivity index (χ1) is 6.45. The Kier molecular flexibility index (Phi) is 2.75. The van der Waals surface area contributed by atoms with E-state index in [0.29, 0.717) is 5.56 Å². The number of halogens is 3. The fraction of sp³-hybridized carbons (Fsp3) is 0.333. The summed E-state index contributed by atoms with van der Waals surface area (Å²) in [6.45, 7) is 8.31. The van der Waals surface area contributed by atoms with Crippen molar-refractivity contribution in [3.63, 3.8) is 0 Å². The molecule has 1 aromatic rings. The first kappa shape index (κ1) is 10.5. The summed E-state index contributed by atoms with van der Waals surface area (Å²) < 4.78 is 36.2. The Morgan fingerprint density at radius 3 is 2.43 bits per heavy atom. The summed E-state index contributed by atoms with van der Waals surface area (Å²) >= 11 is 0. The maximum atomic E-state index is 12.1. The SMILES string of the molecule is [C-]#[N+]C(C)c1ccc(C(F)(F)F)nc1. The zero-order chi connectivity index (χ0) is 10.8. The van der Waals surface area contributed by atoms with E-state index >= 15 is 0 Å². The van der Waals surface area contributed by atoms with Crippen molar-refractivity contribution in [2.24, 2.45) is 0 Å². The number of hydrogen-bond donors (Lipinski definition) is 0. The smallest absolute Gasteiger partial charge is 0.309 e. The van der Waals surface area contributed by atoms with Crippen molar-refractivity contribution in [3.8, 4) is 0 Å². The fourth-order valence-corrected chi connectivity index (χ4v) is 0.895. The van der Waals surface area contributed by atoms with Crippen molar-refractivity contribution >= 4 is 0 Å². The van der Waals surface area contributed by atoms with Crippen molar-refractivity contribution in [3.05, 3.63) is 41.0 Å². The summed E-state index contributed by atoms with van der Waals surface area (Å²) in [6.07, 6.45) is -3.33. The molecule has 0 aliphatic heterocycles. The van der Waals surface area contributed by atoms with Crippen LogP contribution in [0.5, 0.6) is 0 Å². The second-order valence-electron chi connectivity index (χ2n) is 2.78. The third kappa shape index (κ3) is 2.22. The molecule has 0 saturated carbocycles. The molecule has 1 unspecified atom stereocenters. The van der Waals surface area contributed by atoms with Crippen molar-refractivity contribution in [2.75, 3.05) is 0 Å². The number of alkyl halides is 3. The highest BCUT2D eigenvalue weighted by Gasteiger charge is 2.32. The topological polar surface area (TPSA) is 17.2 Å². The highest BCUT2D eigenvalue weighted by molar-refractivity contribution is 5.20. The lowest BCUT2D eigenvalue weighted by Crippen LogP contribution is -2.07. The van der Waals surface area contributed by atoms with Gasteiger partial charge in [0.1, 0.15) is 5.69 Å². The summed E-state index contributed by atoms with van der Waals surface area (Å²) in [4.78, 5) is 6.43. The molecule has 14 heavy (non-hydrogen) atoms. The summed E-state index contributed by atoms with van der Waals surface area (Å²) in [6, 6.07) is 1.71. The van der Waals surface area contributed by atoms with E-state index in [1.165, 1.54) is 6.07 Å². The maximum absolute atomic E-state index is 12.1. The van der Waals surface area contributed by atoms with Crippen LogP contribution in [0.15, 0.2) is 18.3 Å². The Morgan fingerprint density at radius 2 is 2.07 bits per heavy atom. The molecule has 5 heteroatoms. The van der Waals surface area contributed by atoms with Crippen molar-refractivity contribution < 1.29 is 13.2 Å². The quantitative estimate of drug-likeness (QED) is 0.637. The third-order valence-electron chi connectivity index (χ3n) is 1.75. The van der Waals surface area contributed by atoms with E-state index in [2.05, 4.69) is 9.83 Å². The number of aromatic nitrogens is 1. The summed E-state index contributed by atoms with van der Waals surface area (Å²) in [7, 11) is 0. The molecule has 2 nitrogen and oxygen atoms in total. The van der Waals surface area contributed by atoms with Crippen LogP contribution in [0.3, 0.4) is 0 Å². The van der Waals surface area contributed by atoms with E-state index < -0.39 is 17.9 Å². The van der Waals surface area contributed by atoms with Crippen molar-refractivity contribution in [1.29, 1.82) is 0 Å². The molecule has 0 spiro atoms. The molecule has 0 bridgehead atoms. The molecule has 0 N–H and O–H groups in total. The van der Waals surface area contributed by atoms with E-state index in [0.717, 1.165) is 12.3 Å². The van der Waals surface area contributed by atoms with Gasteiger partial charge in [-0.1, -0.05) is 0 Å². The van der Waals surface area contributed by atoms with Crippen LogP contribution in [0.1, 0.15) is 24.2 Å². The van der Waals surface area contributed by atoms with Crippen LogP contribution >= 0.6 is 0 Å². The normalized spacial score (nSPS) is 13.4. The van der Waals surface area contributed by atoms with Crippen molar-refractivity contribution in [1.82, 2.24) is 4.98 Å². The zero-order valence-corrected chi connectivity index (χ0v) is 7.34. The average Bonchev–Trinajstić information content (AvgIpc) is 2.15. The standard InChI is InChI=1S/C9H7F3N2/c1-6(13-2)7-3-4-8(14-5-7)9(10,11)12/h3-6H,1H3. The third-order valence-corrected chi connectivity index (χ3v) is 1.75. The van der Waals surface area contributed by atoms with Gasteiger partial charge in [-0.25, -0.2) is 6.57 Å². The Balaban J connectivity index is 2.96. The molecular weight excluding hydrogens is 193 g/mol. The molecule has 0 fully saturated rings. The first-order valence-electron chi connectivity index (χ1n) is 3.85. The van der Waals surface area contributed by atoms with Crippen LogP contribution in [0, 0.1) is 6.57 Å².